The molecule has 1 aliphatic rings. The van der Waals surface area contributed by atoms with Crippen LogP contribution in [0.1, 0.15) is 43.9 Å². The van der Waals surface area contributed by atoms with E-state index in [1.54, 1.807) is 18.2 Å². The Morgan fingerprint density at radius 1 is 1.29 bits per heavy atom. The highest BCUT2D eigenvalue weighted by Gasteiger charge is 2.51. The number of halogens is 3. The molecule has 182 valence electrons. The normalized spacial score (nSPS) is 19.6. The van der Waals surface area contributed by atoms with E-state index < -0.39 is 38.5 Å². The molecule has 1 aromatic carbocycles. The van der Waals surface area contributed by atoms with Gasteiger partial charge in [0.2, 0.25) is 0 Å². The van der Waals surface area contributed by atoms with Crippen LogP contribution in [0.25, 0.3) is 11.1 Å². The van der Waals surface area contributed by atoms with Gasteiger partial charge in [0.1, 0.15) is 11.6 Å². The Balaban J connectivity index is 2.14. The van der Waals surface area contributed by atoms with Gasteiger partial charge in [-0.2, -0.15) is 26.9 Å². The van der Waals surface area contributed by atoms with E-state index in [0.29, 0.717) is 17.7 Å². The Morgan fingerprint density at radius 2 is 1.91 bits per heavy atom. The lowest BCUT2D eigenvalue weighted by molar-refractivity contribution is -0.145. The summed E-state index contributed by atoms with van der Waals surface area (Å²) < 4.78 is 71.5. The first-order valence-electron chi connectivity index (χ1n) is 10.1. The van der Waals surface area contributed by atoms with E-state index in [-0.39, 0.29) is 29.5 Å². The molecule has 0 bridgehead atoms. The third kappa shape index (κ3) is 4.65. The molecule has 2 N–H and O–H groups in total. The minimum Gasteiger partial charge on any atom is -0.469 e. The number of methoxy groups -OCH3 is 1. The second-order valence-corrected chi connectivity index (χ2v) is 10.1. The van der Waals surface area contributed by atoms with Crippen molar-refractivity contribution in [3.8, 4) is 23.1 Å². The van der Waals surface area contributed by atoms with Gasteiger partial charge >= 0.3 is 21.6 Å². The lowest BCUT2D eigenvalue weighted by atomic mass is 9.52. The number of nitrogen functional groups attached to an aromatic ring is 1. The quantitative estimate of drug-likeness (QED) is 0.273. The third-order valence-electron chi connectivity index (χ3n) is 6.28. The summed E-state index contributed by atoms with van der Waals surface area (Å²) in [7, 11) is -4.80. The Labute approximate surface area is 194 Å². The van der Waals surface area contributed by atoms with Gasteiger partial charge in [0, 0.05) is 29.3 Å². The molecule has 12 heteroatoms. The van der Waals surface area contributed by atoms with Crippen molar-refractivity contribution in [3.05, 3.63) is 41.6 Å². The van der Waals surface area contributed by atoms with Gasteiger partial charge in [-0.05, 0) is 41.5 Å². The van der Waals surface area contributed by atoms with Gasteiger partial charge in [0.25, 0.3) is 5.88 Å². The van der Waals surface area contributed by atoms with E-state index in [9.17, 15) is 31.6 Å². The summed E-state index contributed by atoms with van der Waals surface area (Å²) in [5, 5.41) is 9.66. The van der Waals surface area contributed by atoms with Crippen molar-refractivity contribution in [1.82, 2.24) is 4.98 Å². The predicted octanol–water partition coefficient (Wildman–Crippen LogP) is 4.12. The average molecular weight is 497 g/mol. The Bertz CT molecular complexity index is 1250. The molecule has 3 rings (SSSR count). The highest BCUT2D eigenvalue weighted by atomic mass is 32.2. The minimum absolute atomic E-state index is 0.0920. The Morgan fingerprint density at radius 3 is 2.41 bits per heavy atom. The van der Waals surface area contributed by atoms with Gasteiger partial charge in [-0.1, -0.05) is 26.0 Å². The van der Waals surface area contributed by atoms with Gasteiger partial charge in [0.15, 0.2) is 0 Å². The Hall–Kier alpha value is -3.33. The van der Waals surface area contributed by atoms with Gasteiger partial charge in [-0.15, -0.1) is 0 Å². The molecule has 0 radical (unpaired) electrons. The molecule has 1 aliphatic carbocycles. The number of pyridine rings is 1. The summed E-state index contributed by atoms with van der Waals surface area (Å²) in [6.45, 7) is 3.73. The number of nitrogens with zero attached hydrogens (tertiary/aromatic N) is 2. The van der Waals surface area contributed by atoms with Crippen molar-refractivity contribution < 1.29 is 35.3 Å². The molecule has 1 fully saturated rings. The molecule has 2 atom stereocenters. The molecular formula is C22H22F3N3O5S. The van der Waals surface area contributed by atoms with E-state index in [2.05, 4.69) is 9.17 Å². The fourth-order valence-electron chi connectivity index (χ4n) is 4.08. The summed E-state index contributed by atoms with van der Waals surface area (Å²) in [6, 6.07) is 9.38. The van der Waals surface area contributed by atoms with Crippen molar-refractivity contribution in [2.24, 2.45) is 11.3 Å². The number of nitrogens with two attached hydrogens (primary N) is 1. The highest BCUT2D eigenvalue weighted by molar-refractivity contribution is 7.87. The standard InChI is InChI=1S/C22H22F3N3O5S/c1-21(2)13(9-19(29)32-3)8-17(21)18-10-15(12-4-6-14(27)7-5-12)16(11-26)20(28-18)33-34(30,31)22(23,24)25/h4-7,10,13,17H,8-9,27H2,1-3H3/t13-,17+/m0/s1. The van der Waals surface area contributed by atoms with Crippen LogP contribution < -0.4 is 9.92 Å². The van der Waals surface area contributed by atoms with Crippen molar-refractivity contribution in [1.29, 1.82) is 5.26 Å². The number of carbonyl (C=O) groups is 1. The number of anilines is 1. The van der Waals surface area contributed by atoms with Crippen LogP contribution in [-0.2, 0) is 19.6 Å². The van der Waals surface area contributed by atoms with Gasteiger partial charge < -0.3 is 14.7 Å². The third-order valence-corrected chi connectivity index (χ3v) is 7.22. The van der Waals surface area contributed by atoms with E-state index in [4.69, 9.17) is 10.5 Å². The summed E-state index contributed by atoms with van der Waals surface area (Å²) in [5.74, 6) is -1.80. The number of nitriles is 1. The number of aromatic nitrogens is 1. The van der Waals surface area contributed by atoms with Crippen LogP contribution in [0.4, 0.5) is 18.9 Å². The van der Waals surface area contributed by atoms with Crippen molar-refractivity contribution in [3.63, 3.8) is 0 Å². The van der Waals surface area contributed by atoms with Crippen LogP contribution in [0.2, 0.25) is 0 Å². The zero-order valence-electron chi connectivity index (χ0n) is 18.5. The molecule has 0 amide bonds. The summed E-state index contributed by atoms with van der Waals surface area (Å²) in [5.41, 5.74) is 0.217. The topological polar surface area (TPSA) is 132 Å². The second-order valence-electron chi connectivity index (χ2n) is 8.58. The largest absolute Gasteiger partial charge is 0.534 e. The van der Waals surface area contributed by atoms with Gasteiger partial charge in [-0.3, -0.25) is 4.79 Å². The summed E-state index contributed by atoms with van der Waals surface area (Å²) in [4.78, 5) is 15.8. The lowest BCUT2D eigenvalue weighted by Gasteiger charge is -2.51. The number of rotatable bonds is 6. The molecule has 0 aliphatic heterocycles. The SMILES string of the molecule is COC(=O)C[C@@H]1C[C@H](c2cc(-c3ccc(N)cc3)c(C#N)c(OS(=O)(=O)C(F)(F)F)n2)C1(C)C. The lowest BCUT2D eigenvalue weighted by Crippen LogP contribution is -2.44. The predicted molar refractivity (Wildman–Crippen MR) is 116 cm³/mol. The minimum atomic E-state index is -6.07. The number of ether oxygens (including phenoxy) is 1. The molecule has 2 aromatic rings. The molecule has 1 heterocycles. The number of carbonyl (C=O) groups excluding carboxylic acids is 1. The van der Waals surface area contributed by atoms with E-state index in [1.165, 1.54) is 25.3 Å². The summed E-state index contributed by atoms with van der Waals surface area (Å²) in [6.07, 6.45) is 0.598. The van der Waals surface area contributed by atoms with E-state index in [0.717, 1.165) is 0 Å². The molecule has 0 spiro atoms. The second kappa shape index (κ2) is 8.79. The average Bonchev–Trinajstić information content (AvgIpc) is 2.75. The maximum Gasteiger partial charge on any atom is 0.534 e. The zero-order chi connectivity index (χ0) is 25.5. The van der Waals surface area contributed by atoms with Crippen LogP contribution in [0.15, 0.2) is 30.3 Å². The molecule has 1 aromatic heterocycles. The van der Waals surface area contributed by atoms with Crippen molar-refractivity contribution in [2.75, 3.05) is 12.8 Å². The Kier molecular flexibility index (Phi) is 6.54. The first kappa shape index (κ1) is 25.3. The number of alkyl halides is 3. The molecule has 8 nitrogen and oxygen atoms in total. The first-order chi connectivity index (χ1) is 15.7. The maximum atomic E-state index is 13.0. The first-order valence-corrected chi connectivity index (χ1v) is 11.5. The monoisotopic (exact) mass is 497 g/mol. The fraction of sp³-hybridized carbons (Fsp3) is 0.409. The number of esters is 1. The molecule has 1 saturated carbocycles. The molecular weight excluding hydrogens is 475 g/mol. The van der Waals surface area contributed by atoms with E-state index in [1.807, 2.05) is 13.8 Å². The van der Waals surface area contributed by atoms with Crippen LogP contribution >= 0.6 is 0 Å². The number of hydrogen-bond acceptors (Lipinski definition) is 8. The smallest absolute Gasteiger partial charge is 0.469 e. The molecule has 34 heavy (non-hydrogen) atoms. The number of benzene rings is 1. The van der Waals surface area contributed by atoms with Gasteiger partial charge in [-0.25, -0.2) is 4.98 Å². The van der Waals surface area contributed by atoms with Crippen LogP contribution in [0.5, 0.6) is 5.88 Å². The van der Waals surface area contributed by atoms with Crippen LogP contribution in [0.3, 0.4) is 0 Å². The van der Waals surface area contributed by atoms with Crippen LogP contribution in [0, 0.1) is 22.7 Å². The fourth-order valence-corrected chi connectivity index (χ4v) is 4.50. The van der Waals surface area contributed by atoms with Crippen molar-refractivity contribution >= 4 is 21.8 Å². The molecule has 0 saturated heterocycles. The van der Waals surface area contributed by atoms with Crippen molar-refractivity contribution in [2.45, 2.75) is 38.1 Å². The maximum absolute atomic E-state index is 13.0. The van der Waals surface area contributed by atoms with E-state index >= 15 is 0 Å². The zero-order valence-corrected chi connectivity index (χ0v) is 19.3. The summed E-state index contributed by atoms with van der Waals surface area (Å²) >= 11 is 0. The highest BCUT2D eigenvalue weighted by Crippen LogP contribution is 2.58. The van der Waals surface area contributed by atoms with Crippen LogP contribution in [-0.4, -0.2) is 32.0 Å². The van der Waals surface area contributed by atoms with Gasteiger partial charge in [0.05, 0.1) is 7.11 Å². The molecule has 0 unspecified atom stereocenters. The number of hydrogen-bond donors (Lipinski definition) is 1.